The van der Waals surface area contributed by atoms with Crippen LogP contribution in [0.3, 0.4) is 0 Å². The molecule has 2 aliphatic rings. The van der Waals surface area contributed by atoms with Crippen LogP contribution in [0.25, 0.3) is 20.8 Å². The molecule has 4 heterocycles. The van der Waals surface area contributed by atoms with Crippen molar-refractivity contribution in [1.82, 2.24) is 25.1 Å². The van der Waals surface area contributed by atoms with Gasteiger partial charge in [-0.25, -0.2) is 9.18 Å². The zero-order valence-electron chi connectivity index (χ0n) is 24.9. The Morgan fingerprint density at radius 2 is 1.91 bits per heavy atom. The molecule has 1 atom stereocenters. The van der Waals surface area contributed by atoms with E-state index in [-0.39, 0.29) is 36.4 Å². The number of aromatic nitrogens is 2. The van der Waals surface area contributed by atoms with Crippen molar-refractivity contribution < 1.29 is 28.2 Å². The molecule has 234 valence electrons. The summed E-state index contributed by atoms with van der Waals surface area (Å²) >= 11 is 1.46. The first-order valence-corrected chi connectivity index (χ1v) is 15.6. The molecule has 3 aromatic heterocycles. The van der Waals surface area contributed by atoms with Gasteiger partial charge in [0.15, 0.2) is 18.2 Å². The molecule has 2 N–H and O–H groups in total. The molecule has 3 amide bonds. The van der Waals surface area contributed by atoms with E-state index in [1.165, 1.54) is 30.4 Å². The molecule has 45 heavy (non-hydrogen) atoms. The number of urea groups is 1. The number of anilines is 1. The Kier molecular flexibility index (Phi) is 8.90. The quantitative estimate of drug-likeness (QED) is 0.242. The summed E-state index contributed by atoms with van der Waals surface area (Å²) < 4.78 is 26.5. The summed E-state index contributed by atoms with van der Waals surface area (Å²) in [5.74, 6) is -0.730. The molecule has 1 aliphatic carbocycles. The Balaban J connectivity index is 1.08. The zero-order chi connectivity index (χ0) is 31.5. The van der Waals surface area contributed by atoms with Crippen LogP contribution in [0.1, 0.15) is 32.3 Å². The molecular formula is C32H33FN6O5S. The lowest BCUT2D eigenvalue weighted by Gasteiger charge is -2.39. The van der Waals surface area contributed by atoms with E-state index >= 15 is 0 Å². The second kappa shape index (κ2) is 13.2. The Hall–Kier alpha value is -4.62. The number of carbonyl (C=O) groups is 3. The lowest BCUT2D eigenvalue weighted by atomic mass is 10.1. The van der Waals surface area contributed by atoms with Gasteiger partial charge in [-0.05, 0) is 49.6 Å². The molecule has 0 radical (unpaired) electrons. The van der Waals surface area contributed by atoms with Crippen molar-refractivity contribution in [2.75, 3.05) is 31.6 Å². The number of rotatable bonds is 9. The van der Waals surface area contributed by atoms with Gasteiger partial charge in [-0.1, -0.05) is 6.07 Å². The van der Waals surface area contributed by atoms with E-state index in [2.05, 4.69) is 20.5 Å². The normalized spacial score (nSPS) is 16.8. The van der Waals surface area contributed by atoms with Crippen LogP contribution in [0.4, 0.5) is 14.9 Å². The van der Waals surface area contributed by atoms with Crippen LogP contribution in [0.5, 0.6) is 11.5 Å². The van der Waals surface area contributed by atoms with Crippen molar-refractivity contribution in [2.24, 2.45) is 0 Å². The molecule has 0 spiro atoms. The summed E-state index contributed by atoms with van der Waals surface area (Å²) in [6, 6.07) is 11.8. The number of hydrogen-bond acceptors (Lipinski definition) is 9. The second-order valence-corrected chi connectivity index (χ2v) is 12.3. The SMILES string of the molecule is CC(=O)OCC(=O)N1CCN(Cc2ccc(-c3cc4nccc(Oc5ccc(NC(=O)NC6CC6)cc5F)c4s3)nc2)CC1C. The van der Waals surface area contributed by atoms with Crippen LogP contribution in [-0.4, -0.2) is 76.0 Å². The van der Waals surface area contributed by atoms with Gasteiger partial charge < -0.3 is 25.0 Å². The first-order chi connectivity index (χ1) is 21.7. The lowest BCUT2D eigenvalue weighted by molar-refractivity contribution is -0.152. The van der Waals surface area contributed by atoms with Crippen LogP contribution in [0.15, 0.2) is 54.9 Å². The summed E-state index contributed by atoms with van der Waals surface area (Å²) in [6.07, 6.45) is 5.40. The molecule has 13 heteroatoms. The number of pyridine rings is 2. The third-order valence-electron chi connectivity index (χ3n) is 7.61. The van der Waals surface area contributed by atoms with Crippen LogP contribution in [0.2, 0.25) is 0 Å². The molecule has 1 aromatic carbocycles. The Morgan fingerprint density at radius 1 is 1.07 bits per heavy atom. The zero-order valence-corrected chi connectivity index (χ0v) is 25.7. The summed E-state index contributed by atoms with van der Waals surface area (Å²) in [5, 5.41) is 5.45. The molecule has 2 fully saturated rings. The van der Waals surface area contributed by atoms with Gasteiger partial charge in [0.2, 0.25) is 0 Å². The minimum absolute atomic E-state index is 0.00182. The molecule has 1 unspecified atom stereocenters. The number of nitrogens with zero attached hydrogens (tertiary/aromatic N) is 4. The van der Waals surface area contributed by atoms with Crippen molar-refractivity contribution in [3.63, 3.8) is 0 Å². The molecule has 11 nitrogen and oxygen atoms in total. The first-order valence-electron chi connectivity index (χ1n) is 14.8. The minimum Gasteiger partial charge on any atom is -0.456 e. The van der Waals surface area contributed by atoms with Crippen molar-refractivity contribution in [1.29, 1.82) is 0 Å². The topological polar surface area (TPSA) is 126 Å². The van der Waals surface area contributed by atoms with Gasteiger partial charge in [0, 0.05) is 75.4 Å². The summed E-state index contributed by atoms with van der Waals surface area (Å²) in [5.41, 5.74) is 2.89. The number of nitrogens with one attached hydrogen (secondary N) is 2. The number of amides is 3. The number of hydrogen-bond donors (Lipinski definition) is 2. The maximum Gasteiger partial charge on any atom is 0.319 e. The van der Waals surface area contributed by atoms with E-state index in [9.17, 15) is 18.8 Å². The maximum absolute atomic E-state index is 14.9. The van der Waals surface area contributed by atoms with E-state index in [1.54, 1.807) is 23.2 Å². The van der Waals surface area contributed by atoms with Crippen LogP contribution >= 0.6 is 11.3 Å². The van der Waals surface area contributed by atoms with Gasteiger partial charge >= 0.3 is 12.0 Å². The number of esters is 1. The van der Waals surface area contributed by atoms with Crippen LogP contribution in [-0.2, 0) is 20.9 Å². The van der Waals surface area contributed by atoms with Crippen molar-refractivity contribution in [2.45, 2.75) is 45.3 Å². The van der Waals surface area contributed by atoms with Gasteiger partial charge in [0.05, 0.1) is 20.8 Å². The Labute approximate surface area is 263 Å². The highest BCUT2D eigenvalue weighted by Crippen LogP contribution is 2.39. The smallest absolute Gasteiger partial charge is 0.319 e. The van der Waals surface area contributed by atoms with Crippen LogP contribution in [0, 0.1) is 5.82 Å². The highest BCUT2D eigenvalue weighted by atomic mass is 32.1. The monoisotopic (exact) mass is 632 g/mol. The standard InChI is InChI=1S/C32H33FN6O5S/c1-19-16-38(11-12-39(19)30(41)18-43-20(2)40)17-21-3-7-25(35-15-21)29-14-26-31(45-29)28(9-10-34-26)44-27-8-6-23(13-24(27)33)37-32(42)36-22-4-5-22/h3,6-10,13-15,19,22H,4-5,11-12,16-18H2,1-2H3,(H2,36,37,42). The minimum atomic E-state index is -0.595. The predicted octanol–water partition coefficient (Wildman–Crippen LogP) is 5.17. The lowest BCUT2D eigenvalue weighted by Crippen LogP contribution is -2.54. The van der Waals surface area contributed by atoms with E-state index < -0.39 is 11.8 Å². The Bertz CT molecular complexity index is 1730. The predicted molar refractivity (Wildman–Crippen MR) is 168 cm³/mol. The fourth-order valence-electron chi connectivity index (χ4n) is 5.20. The number of ether oxygens (including phenoxy) is 2. The number of piperazine rings is 1. The van der Waals surface area contributed by atoms with Gasteiger partial charge in [-0.15, -0.1) is 11.3 Å². The van der Waals surface area contributed by atoms with Crippen LogP contribution < -0.4 is 15.4 Å². The number of benzene rings is 1. The third kappa shape index (κ3) is 7.55. The highest BCUT2D eigenvalue weighted by Gasteiger charge is 2.28. The Morgan fingerprint density at radius 3 is 2.62 bits per heavy atom. The number of fused-ring (bicyclic) bond motifs is 1. The fourth-order valence-corrected chi connectivity index (χ4v) is 6.24. The summed E-state index contributed by atoms with van der Waals surface area (Å²) in [4.78, 5) is 49.5. The summed E-state index contributed by atoms with van der Waals surface area (Å²) in [6.45, 7) is 5.72. The molecule has 6 rings (SSSR count). The highest BCUT2D eigenvalue weighted by molar-refractivity contribution is 7.22. The number of carbonyl (C=O) groups excluding carboxylic acids is 3. The van der Waals surface area contributed by atoms with Gasteiger partial charge in [-0.3, -0.25) is 24.5 Å². The van der Waals surface area contributed by atoms with Gasteiger partial charge in [0.1, 0.15) is 5.75 Å². The third-order valence-corrected chi connectivity index (χ3v) is 8.77. The van der Waals surface area contributed by atoms with Gasteiger partial charge in [-0.2, -0.15) is 0 Å². The average Bonchev–Trinajstić information content (AvgIpc) is 3.71. The van der Waals surface area contributed by atoms with Crippen molar-refractivity contribution in [3.8, 4) is 22.1 Å². The molecule has 1 saturated heterocycles. The van der Waals surface area contributed by atoms with E-state index in [1.807, 2.05) is 31.3 Å². The van der Waals surface area contributed by atoms with E-state index in [0.29, 0.717) is 43.1 Å². The maximum atomic E-state index is 14.9. The molecule has 4 aromatic rings. The van der Waals surface area contributed by atoms with Crippen molar-refractivity contribution >= 4 is 45.1 Å². The molecular weight excluding hydrogens is 599 g/mol. The molecule has 0 bridgehead atoms. The van der Waals surface area contributed by atoms with Crippen molar-refractivity contribution in [3.05, 3.63) is 66.2 Å². The molecule has 1 aliphatic heterocycles. The summed E-state index contributed by atoms with van der Waals surface area (Å²) in [7, 11) is 0. The average molecular weight is 633 g/mol. The van der Waals surface area contributed by atoms with E-state index in [4.69, 9.17) is 14.5 Å². The number of thiophene rings is 1. The largest absolute Gasteiger partial charge is 0.456 e. The second-order valence-electron chi connectivity index (χ2n) is 11.3. The fraction of sp³-hybridized carbons (Fsp3) is 0.344. The number of halogens is 1. The van der Waals surface area contributed by atoms with E-state index in [0.717, 1.165) is 33.7 Å². The first kappa shape index (κ1) is 30.4. The van der Waals surface area contributed by atoms with Gasteiger partial charge in [0.25, 0.3) is 5.91 Å². The molecule has 1 saturated carbocycles.